The fourth-order valence-corrected chi connectivity index (χ4v) is 11.4. The lowest BCUT2D eigenvalue weighted by atomic mass is 9.79. The number of rotatable bonds is 18. The number of aryl methyl sites for hydroxylation is 1. The van der Waals surface area contributed by atoms with Crippen molar-refractivity contribution >= 4 is 60.7 Å². The van der Waals surface area contributed by atoms with Crippen LogP contribution in [0.1, 0.15) is 101 Å². The highest BCUT2D eigenvalue weighted by atomic mass is 32.2. The second-order valence-corrected chi connectivity index (χ2v) is 25.3. The third-order valence-electron chi connectivity index (χ3n) is 14.2. The van der Waals surface area contributed by atoms with E-state index in [1.807, 2.05) is 24.3 Å². The number of carbonyl (C=O) groups is 3. The average Bonchev–Trinajstić information content (AvgIpc) is 3.79. The van der Waals surface area contributed by atoms with E-state index in [1.54, 1.807) is 18.2 Å². The van der Waals surface area contributed by atoms with Crippen LogP contribution in [0.25, 0.3) is 5.57 Å². The summed E-state index contributed by atoms with van der Waals surface area (Å²) in [6, 6.07) is 17.5. The van der Waals surface area contributed by atoms with Crippen molar-refractivity contribution in [3.63, 3.8) is 0 Å². The molecule has 4 aliphatic rings. The fourth-order valence-electron chi connectivity index (χ4n) is 10.4. The molecular weight excluding hydrogens is 955 g/mol. The van der Waals surface area contributed by atoms with E-state index in [4.69, 9.17) is 4.84 Å². The maximum absolute atomic E-state index is 12.7. The van der Waals surface area contributed by atoms with Gasteiger partial charge in [0.15, 0.2) is 12.3 Å². The van der Waals surface area contributed by atoms with E-state index in [-0.39, 0.29) is 29.1 Å². The van der Waals surface area contributed by atoms with Crippen LogP contribution < -0.4 is 4.90 Å². The first kappa shape index (κ1) is 54.2. The molecule has 1 N–H and O–H groups in total. The van der Waals surface area contributed by atoms with Crippen LogP contribution in [0, 0.1) is 0 Å². The highest BCUT2D eigenvalue weighted by molar-refractivity contribution is 7.86. The van der Waals surface area contributed by atoms with E-state index in [0.29, 0.717) is 24.6 Å². The number of hydroxylamine groups is 2. The zero-order chi connectivity index (χ0) is 52.8. The van der Waals surface area contributed by atoms with Gasteiger partial charge in [-0.1, -0.05) is 50.3 Å². The van der Waals surface area contributed by atoms with E-state index >= 15 is 0 Å². The highest BCUT2D eigenvalue weighted by Crippen LogP contribution is 2.49. The molecule has 0 atom stereocenters. The molecule has 0 aromatic heterocycles. The van der Waals surface area contributed by atoms with Crippen LogP contribution in [0.5, 0.6) is 0 Å². The van der Waals surface area contributed by atoms with Gasteiger partial charge in [0.25, 0.3) is 21.9 Å². The molecule has 72 heavy (non-hydrogen) atoms. The maximum atomic E-state index is 12.7. The smallest absolute Gasteiger partial charge is 0.333 e. The first-order chi connectivity index (χ1) is 33.5. The molecule has 3 aliphatic heterocycles. The third kappa shape index (κ3) is 12.1. The van der Waals surface area contributed by atoms with E-state index in [2.05, 4.69) is 104 Å². The number of amides is 2. The Morgan fingerprint density at radius 2 is 1.40 bits per heavy atom. The van der Waals surface area contributed by atoms with Gasteiger partial charge in [0.2, 0.25) is 5.69 Å². The summed E-state index contributed by atoms with van der Waals surface area (Å²) in [5.74, 6) is -1.73. The Hall–Kier alpha value is -5.56. The molecule has 3 aromatic rings. The Bertz CT molecular complexity index is 3040. The Labute approximate surface area is 426 Å². The largest absolute Gasteiger partial charge is 0.744 e. The van der Waals surface area contributed by atoms with Crippen molar-refractivity contribution < 1.29 is 58.7 Å². The second kappa shape index (κ2) is 20.4. The Morgan fingerprint density at radius 1 is 0.778 bits per heavy atom. The summed E-state index contributed by atoms with van der Waals surface area (Å²) in [5.41, 5.74) is 9.02. The van der Waals surface area contributed by atoms with E-state index in [1.165, 1.54) is 18.2 Å². The molecule has 0 unspecified atom stereocenters. The van der Waals surface area contributed by atoms with Crippen LogP contribution in [-0.4, -0.2) is 137 Å². The number of anilines is 1. The van der Waals surface area contributed by atoms with Gasteiger partial charge < -0.3 is 23.3 Å². The lowest BCUT2D eigenvalue weighted by Gasteiger charge is -2.29. The molecule has 0 spiro atoms. The zero-order valence-electron chi connectivity index (χ0n) is 43.4. The summed E-state index contributed by atoms with van der Waals surface area (Å²) < 4.78 is 75.5. The van der Waals surface area contributed by atoms with Crippen LogP contribution >= 0.6 is 0 Å². The van der Waals surface area contributed by atoms with E-state index in [0.717, 1.165) is 116 Å². The van der Waals surface area contributed by atoms with Crippen molar-refractivity contribution in [3.05, 3.63) is 124 Å². The van der Waals surface area contributed by atoms with Crippen LogP contribution in [0.2, 0.25) is 0 Å². The number of hydrogen-bond acceptors (Lipinski definition) is 10. The van der Waals surface area contributed by atoms with Gasteiger partial charge in [-0.2, -0.15) is 13.0 Å². The second-order valence-electron chi connectivity index (χ2n) is 22.5. The van der Waals surface area contributed by atoms with Crippen LogP contribution in [0.15, 0.2) is 112 Å². The van der Waals surface area contributed by atoms with Gasteiger partial charge >= 0.3 is 5.97 Å². The number of imide groups is 1. The van der Waals surface area contributed by atoms with Gasteiger partial charge in [-0.15, -0.1) is 5.06 Å². The quantitative estimate of drug-likeness (QED) is 0.0570. The van der Waals surface area contributed by atoms with Gasteiger partial charge in [0.05, 0.1) is 83.4 Å². The third-order valence-corrected chi connectivity index (χ3v) is 15.9. The van der Waals surface area contributed by atoms with Crippen molar-refractivity contribution in [2.24, 2.45) is 0 Å². The molecule has 7 rings (SSSR count). The normalized spacial score (nSPS) is 19.4. The molecule has 1 fully saturated rings. The molecule has 3 aromatic carbocycles. The van der Waals surface area contributed by atoms with Gasteiger partial charge in [0.1, 0.15) is 10.1 Å². The summed E-state index contributed by atoms with van der Waals surface area (Å²) in [4.78, 5) is 43.8. The van der Waals surface area contributed by atoms with Crippen molar-refractivity contribution in [1.29, 1.82) is 0 Å². The van der Waals surface area contributed by atoms with Gasteiger partial charge in [0, 0.05) is 60.3 Å². The molecule has 17 heteroatoms. The zero-order valence-corrected chi connectivity index (χ0v) is 45.1. The SMILES string of the molecule is CC1(C)C(=CC=C2CCCC(C=CC3=[N+](CCC[N+](C)(C)C)c4ccc(S(=O)(=O)[O-])cc4C3(C)C)=C2c2ccc(CCC(=O)ON3C(=O)CCC3=O)cc2)N(CCC[N+](C)(C)C)c2ccc(S(=O)(=O)O)cc21. The minimum absolute atomic E-state index is 0.0161. The van der Waals surface area contributed by atoms with Crippen molar-refractivity contribution in [1.82, 2.24) is 5.06 Å². The number of allylic oxidation sites excluding steroid dienone is 8. The Balaban J connectivity index is 1.33. The summed E-state index contributed by atoms with van der Waals surface area (Å²) in [7, 11) is 3.75. The predicted octanol–water partition coefficient (Wildman–Crippen LogP) is 7.75. The van der Waals surface area contributed by atoms with Gasteiger partial charge in [-0.05, 0) is 109 Å². The standard InChI is InChI=1S/C55H70N5O10S2/c1-54(2)44-36-42(71(64,65)66)23-25-46(44)56(32-12-34-59(5,6)7)48(54)27-21-39-14-11-15-40(53(39)41-19-16-38(17-20-41)18-31-52(63)70-58-50(61)29-30-51(58)62)22-28-49-55(3,4)45-37-43(72(67,68)69)24-26-47(45)57(49)33-13-35-60(8,9)10/h16-17,19-28,36-37H,11-15,18,29-35H2,1-10H3/q+1/p+1. The number of nitrogens with zero attached hydrogens (tertiary/aromatic N) is 5. The molecular formula is C55H71N5O10S2+2. The molecule has 1 saturated heterocycles. The summed E-state index contributed by atoms with van der Waals surface area (Å²) in [6.45, 7) is 11.4. The minimum atomic E-state index is -4.70. The Morgan fingerprint density at radius 3 is 2.03 bits per heavy atom. The molecule has 3 heterocycles. The maximum Gasteiger partial charge on any atom is 0.333 e. The summed E-state index contributed by atoms with van der Waals surface area (Å²) in [6.07, 6.45) is 13.1. The van der Waals surface area contributed by atoms with Crippen molar-refractivity contribution in [3.8, 4) is 0 Å². The first-order valence-corrected chi connectivity index (χ1v) is 27.6. The molecule has 386 valence electrons. The van der Waals surface area contributed by atoms with Crippen LogP contribution in [-0.2, 0) is 56.7 Å². The molecule has 1 aliphatic carbocycles. The first-order valence-electron chi connectivity index (χ1n) is 24.7. The molecule has 0 radical (unpaired) electrons. The van der Waals surface area contributed by atoms with Crippen molar-refractivity contribution in [2.75, 3.05) is 73.4 Å². The predicted molar refractivity (Wildman–Crippen MR) is 277 cm³/mol. The number of carbonyl (C=O) groups excluding carboxylic acids is 3. The number of benzene rings is 3. The molecule has 0 bridgehead atoms. The number of hydrogen-bond donors (Lipinski definition) is 1. The van der Waals surface area contributed by atoms with Gasteiger partial charge in [-0.25, -0.2) is 13.2 Å². The number of fused-ring (bicyclic) bond motifs is 2. The topological polar surface area (TPSA) is 181 Å². The van der Waals surface area contributed by atoms with Crippen LogP contribution in [0.3, 0.4) is 0 Å². The minimum Gasteiger partial charge on any atom is -0.744 e. The molecule has 2 amide bonds. The van der Waals surface area contributed by atoms with Gasteiger partial charge in [-0.3, -0.25) is 14.1 Å². The lowest BCUT2D eigenvalue weighted by Crippen LogP contribution is -2.37. The lowest BCUT2D eigenvalue weighted by molar-refractivity contribution is -0.871. The fraction of sp³-hybridized carbons (Fsp3) is 0.455. The van der Waals surface area contributed by atoms with E-state index < -0.39 is 48.8 Å². The Kier molecular flexibility index (Phi) is 15.4. The summed E-state index contributed by atoms with van der Waals surface area (Å²) in [5, 5.41) is 0.564. The monoisotopic (exact) mass is 1030 g/mol. The van der Waals surface area contributed by atoms with E-state index in [9.17, 15) is 40.3 Å². The number of quaternary nitrogens is 2. The average molecular weight is 1030 g/mol. The highest BCUT2D eigenvalue weighted by Gasteiger charge is 2.45. The van der Waals surface area contributed by atoms with Crippen LogP contribution in [0.4, 0.5) is 11.4 Å². The van der Waals surface area contributed by atoms with Crippen molar-refractivity contribution in [2.45, 2.75) is 106 Å². The molecule has 15 nitrogen and oxygen atoms in total. The summed E-state index contributed by atoms with van der Waals surface area (Å²) >= 11 is 0. The molecule has 0 saturated carbocycles.